The van der Waals surface area contributed by atoms with Gasteiger partial charge in [-0.05, 0) is 31.4 Å². The first kappa shape index (κ1) is 14.1. The Morgan fingerprint density at radius 2 is 2.13 bits per heavy atom. The van der Waals surface area contributed by atoms with Crippen molar-refractivity contribution in [1.82, 2.24) is 15.1 Å². The molecule has 0 aliphatic carbocycles. The van der Waals surface area contributed by atoms with E-state index >= 15 is 0 Å². The summed E-state index contributed by atoms with van der Waals surface area (Å²) in [5.41, 5.74) is 1.05. The Bertz CT molecular complexity index is 686. The van der Waals surface area contributed by atoms with Crippen molar-refractivity contribution < 1.29 is 14.3 Å². The summed E-state index contributed by atoms with van der Waals surface area (Å²) in [6, 6.07) is 7.52. The SMILES string of the molecule is O=C([C@H]1COc2ccccc2O1)N1CCCC[C@H]1c1cn[nH]c1. The molecule has 1 aromatic carbocycles. The van der Waals surface area contributed by atoms with Crippen LogP contribution in [0.5, 0.6) is 11.5 Å². The molecule has 2 aromatic rings. The fourth-order valence-corrected chi connectivity index (χ4v) is 3.31. The van der Waals surface area contributed by atoms with Crippen LogP contribution in [0.25, 0.3) is 0 Å². The lowest BCUT2D eigenvalue weighted by Gasteiger charge is -2.38. The zero-order valence-corrected chi connectivity index (χ0v) is 12.8. The average molecular weight is 313 g/mol. The van der Waals surface area contributed by atoms with Crippen LogP contribution in [0.2, 0.25) is 0 Å². The van der Waals surface area contributed by atoms with Gasteiger partial charge in [0, 0.05) is 18.3 Å². The van der Waals surface area contributed by atoms with Crippen LogP contribution >= 0.6 is 0 Å². The number of hydrogen-bond acceptors (Lipinski definition) is 4. The van der Waals surface area contributed by atoms with Crippen LogP contribution in [0, 0.1) is 0 Å². The van der Waals surface area contributed by atoms with E-state index in [9.17, 15) is 4.79 Å². The highest BCUT2D eigenvalue weighted by Crippen LogP contribution is 2.34. The summed E-state index contributed by atoms with van der Waals surface area (Å²) in [7, 11) is 0. The summed E-state index contributed by atoms with van der Waals surface area (Å²) in [4.78, 5) is 14.9. The molecule has 2 atom stereocenters. The molecule has 1 amide bonds. The Hall–Kier alpha value is -2.50. The third-order valence-electron chi connectivity index (χ3n) is 4.47. The maximum atomic E-state index is 13.0. The van der Waals surface area contributed by atoms with Gasteiger partial charge in [-0.25, -0.2) is 0 Å². The molecule has 0 bridgehead atoms. The topological polar surface area (TPSA) is 67.5 Å². The number of rotatable bonds is 2. The number of carbonyl (C=O) groups excluding carboxylic acids is 1. The maximum Gasteiger partial charge on any atom is 0.267 e. The van der Waals surface area contributed by atoms with Crippen molar-refractivity contribution in [3.63, 3.8) is 0 Å². The molecule has 1 aromatic heterocycles. The first-order chi connectivity index (χ1) is 11.3. The van der Waals surface area contributed by atoms with Gasteiger partial charge >= 0.3 is 0 Å². The number of aromatic nitrogens is 2. The predicted molar refractivity (Wildman–Crippen MR) is 83.2 cm³/mol. The number of nitrogens with one attached hydrogen (secondary N) is 1. The molecule has 6 nitrogen and oxygen atoms in total. The zero-order valence-electron chi connectivity index (χ0n) is 12.8. The monoisotopic (exact) mass is 313 g/mol. The lowest BCUT2D eigenvalue weighted by molar-refractivity contribution is -0.145. The van der Waals surface area contributed by atoms with Crippen LogP contribution < -0.4 is 9.47 Å². The van der Waals surface area contributed by atoms with Crippen molar-refractivity contribution in [2.45, 2.75) is 31.4 Å². The number of fused-ring (bicyclic) bond motifs is 1. The van der Waals surface area contributed by atoms with E-state index in [2.05, 4.69) is 10.2 Å². The Kier molecular flexibility index (Phi) is 3.65. The van der Waals surface area contributed by atoms with Crippen LogP contribution in [-0.4, -0.2) is 40.3 Å². The number of hydrogen-bond donors (Lipinski definition) is 1. The predicted octanol–water partition coefficient (Wildman–Crippen LogP) is 2.30. The number of carbonyl (C=O) groups is 1. The average Bonchev–Trinajstić information content (AvgIpc) is 3.15. The summed E-state index contributed by atoms with van der Waals surface area (Å²) < 4.78 is 11.6. The van der Waals surface area contributed by atoms with Crippen LogP contribution in [0.3, 0.4) is 0 Å². The quantitative estimate of drug-likeness (QED) is 0.924. The van der Waals surface area contributed by atoms with Crippen LogP contribution in [0.4, 0.5) is 0 Å². The van der Waals surface area contributed by atoms with Gasteiger partial charge in [-0.3, -0.25) is 9.89 Å². The van der Waals surface area contributed by atoms with Gasteiger partial charge in [0.1, 0.15) is 6.61 Å². The fraction of sp³-hybridized carbons (Fsp3) is 0.412. The molecular formula is C17H19N3O3. The number of likely N-dealkylation sites (tertiary alicyclic amines) is 1. The summed E-state index contributed by atoms with van der Waals surface area (Å²) in [6.45, 7) is 1.00. The summed E-state index contributed by atoms with van der Waals surface area (Å²) in [5, 5.41) is 6.85. The third-order valence-corrected chi connectivity index (χ3v) is 4.47. The van der Waals surface area contributed by atoms with E-state index in [0.29, 0.717) is 11.5 Å². The minimum atomic E-state index is -0.586. The number of piperidine rings is 1. The number of H-pyrrole nitrogens is 1. The van der Waals surface area contributed by atoms with Crippen molar-refractivity contribution in [2.24, 2.45) is 0 Å². The summed E-state index contributed by atoms with van der Waals surface area (Å²) >= 11 is 0. The molecule has 1 saturated heterocycles. The highest BCUT2D eigenvalue weighted by molar-refractivity contribution is 5.82. The number of nitrogens with zero attached hydrogens (tertiary/aromatic N) is 2. The van der Waals surface area contributed by atoms with Gasteiger partial charge in [-0.2, -0.15) is 5.10 Å². The molecule has 120 valence electrons. The molecule has 2 aliphatic rings. The minimum absolute atomic E-state index is 0.00889. The van der Waals surface area contributed by atoms with Crippen LogP contribution in [0.15, 0.2) is 36.7 Å². The Balaban J connectivity index is 1.54. The molecule has 1 fully saturated rings. The minimum Gasteiger partial charge on any atom is -0.485 e. The molecule has 0 spiro atoms. The highest BCUT2D eigenvalue weighted by Gasteiger charge is 2.36. The van der Waals surface area contributed by atoms with E-state index in [0.717, 1.165) is 31.4 Å². The van der Waals surface area contributed by atoms with Gasteiger partial charge in [-0.15, -0.1) is 0 Å². The lowest BCUT2D eigenvalue weighted by Crippen LogP contribution is -2.49. The second kappa shape index (κ2) is 5.95. The second-order valence-corrected chi connectivity index (χ2v) is 5.94. The lowest BCUT2D eigenvalue weighted by atomic mass is 9.97. The van der Waals surface area contributed by atoms with Crippen molar-refractivity contribution in [1.29, 1.82) is 0 Å². The van der Waals surface area contributed by atoms with E-state index < -0.39 is 6.10 Å². The number of aromatic amines is 1. The van der Waals surface area contributed by atoms with Crippen molar-refractivity contribution >= 4 is 5.91 Å². The van der Waals surface area contributed by atoms with Crippen molar-refractivity contribution in [2.75, 3.05) is 13.2 Å². The number of para-hydroxylation sites is 2. The van der Waals surface area contributed by atoms with Gasteiger partial charge in [0.2, 0.25) is 6.10 Å². The Labute approximate surface area is 134 Å². The van der Waals surface area contributed by atoms with Gasteiger partial charge in [0.15, 0.2) is 11.5 Å². The molecule has 3 heterocycles. The van der Waals surface area contributed by atoms with Crippen molar-refractivity contribution in [3.8, 4) is 11.5 Å². The van der Waals surface area contributed by atoms with Gasteiger partial charge in [-0.1, -0.05) is 12.1 Å². The largest absolute Gasteiger partial charge is 0.485 e. The molecule has 1 N–H and O–H groups in total. The number of benzene rings is 1. The highest BCUT2D eigenvalue weighted by atomic mass is 16.6. The number of amides is 1. The standard InChI is InChI=1S/C17H19N3O3/c21-17(16-11-22-14-6-1-2-7-15(14)23-16)20-8-4-3-5-13(20)12-9-18-19-10-12/h1-2,6-7,9-10,13,16H,3-5,8,11H2,(H,18,19)/t13-,16+/m0/s1. The molecule has 23 heavy (non-hydrogen) atoms. The van der Waals surface area contributed by atoms with Gasteiger partial charge < -0.3 is 14.4 Å². The first-order valence-corrected chi connectivity index (χ1v) is 8.00. The molecule has 4 rings (SSSR count). The summed E-state index contributed by atoms with van der Waals surface area (Å²) in [5.74, 6) is 1.32. The smallest absolute Gasteiger partial charge is 0.267 e. The second-order valence-electron chi connectivity index (χ2n) is 5.94. The van der Waals surface area contributed by atoms with E-state index in [1.54, 1.807) is 6.20 Å². The van der Waals surface area contributed by atoms with Crippen LogP contribution in [0.1, 0.15) is 30.9 Å². The van der Waals surface area contributed by atoms with Crippen LogP contribution in [-0.2, 0) is 4.79 Å². The molecule has 2 aliphatic heterocycles. The molecule has 0 unspecified atom stereocenters. The van der Waals surface area contributed by atoms with Gasteiger partial charge in [0.25, 0.3) is 5.91 Å². The van der Waals surface area contributed by atoms with E-state index in [1.165, 1.54) is 0 Å². The molecule has 0 radical (unpaired) electrons. The van der Waals surface area contributed by atoms with Crippen molar-refractivity contribution in [3.05, 3.63) is 42.2 Å². The Morgan fingerprint density at radius 3 is 2.96 bits per heavy atom. The molecule has 6 heteroatoms. The van der Waals surface area contributed by atoms with E-state index in [1.807, 2.05) is 35.4 Å². The zero-order chi connectivity index (χ0) is 15.6. The fourth-order valence-electron chi connectivity index (χ4n) is 3.31. The molecule has 0 saturated carbocycles. The normalized spacial score (nSPS) is 23.6. The van der Waals surface area contributed by atoms with Gasteiger partial charge in [0.05, 0.1) is 12.2 Å². The molecular weight excluding hydrogens is 294 g/mol. The number of ether oxygens (including phenoxy) is 2. The maximum absolute atomic E-state index is 13.0. The summed E-state index contributed by atoms with van der Waals surface area (Å²) in [6.07, 6.45) is 6.16. The third kappa shape index (κ3) is 2.65. The first-order valence-electron chi connectivity index (χ1n) is 8.00. The van der Waals surface area contributed by atoms with E-state index in [4.69, 9.17) is 9.47 Å². The van der Waals surface area contributed by atoms with E-state index in [-0.39, 0.29) is 18.6 Å². The Morgan fingerprint density at radius 1 is 1.26 bits per heavy atom.